The molecular weight excluding hydrogens is 390 g/mol. The van der Waals surface area contributed by atoms with Crippen LogP contribution in [0.4, 0.5) is 0 Å². The van der Waals surface area contributed by atoms with E-state index in [0.29, 0.717) is 0 Å². The molecule has 32 heavy (non-hydrogen) atoms. The highest BCUT2D eigenvalue weighted by Gasteiger charge is 2.14. The first-order chi connectivity index (χ1) is 15.8. The molecule has 0 amide bonds. The first-order valence-corrected chi connectivity index (χ1v) is 10.8. The Hall–Kier alpha value is -4.24. The van der Waals surface area contributed by atoms with Crippen LogP contribution in [-0.2, 0) is 6.54 Å². The summed E-state index contributed by atoms with van der Waals surface area (Å²) in [5.41, 5.74) is 6.63. The molecule has 0 saturated carbocycles. The topological polar surface area (TPSA) is 30.7 Å². The summed E-state index contributed by atoms with van der Waals surface area (Å²) in [6.45, 7) is 0.793. The fraction of sp³-hybridized carbons (Fsp3) is 0.0345. The van der Waals surface area contributed by atoms with Crippen LogP contribution in [0.5, 0.6) is 0 Å². The minimum Gasteiger partial charge on any atom is -0.348 e. The number of hydrogen-bond donors (Lipinski definition) is 0. The zero-order chi connectivity index (χ0) is 21.3. The second-order valence-corrected chi connectivity index (χ2v) is 8.02. The molecular formula is C29H21N3. The molecule has 0 unspecified atom stereocenters. The molecule has 3 heteroatoms. The van der Waals surface area contributed by atoms with Crippen LogP contribution in [0.1, 0.15) is 5.56 Å². The van der Waals surface area contributed by atoms with Crippen molar-refractivity contribution in [1.82, 2.24) is 14.5 Å². The maximum absolute atomic E-state index is 4.86. The lowest BCUT2D eigenvalue weighted by Gasteiger charge is -2.09. The van der Waals surface area contributed by atoms with E-state index >= 15 is 0 Å². The first-order valence-electron chi connectivity index (χ1n) is 10.8. The molecule has 0 fully saturated rings. The van der Waals surface area contributed by atoms with Gasteiger partial charge in [-0.2, -0.15) is 0 Å². The van der Waals surface area contributed by atoms with Crippen LogP contribution in [-0.4, -0.2) is 14.5 Å². The maximum Gasteiger partial charge on any atom is 0.161 e. The summed E-state index contributed by atoms with van der Waals surface area (Å²) in [6, 6.07) is 35.9. The molecule has 2 aliphatic heterocycles. The largest absolute Gasteiger partial charge is 0.348 e. The van der Waals surface area contributed by atoms with Gasteiger partial charge in [-0.25, -0.2) is 9.97 Å². The second kappa shape index (κ2) is 7.78. The van der Waals surface area contributed by atoms with E-state index in [2.05, 4.69) is 114 Å². The Morgan fingerprint density at radius 3 is 2.19 bits per heavy atom. The van der Waals surface area contributed by atoms with Crippen LogP contribution in [0.3, 0.4) is 0 Å². The molecule has 0 saturated heterocycles. The SMILES string of the molecule is c1ccc(-c2ccc(Cn3ccc4nc(-c5cccc6ccccc56)nc-4c3)cc2)cc1. The summed E-state index contributed by atoms with van der Waals surface area (Å²) < 4.78 is 2.17. The number of aromatic nitrogens is 3. The van der Waals surface area contributed by atoms with Gasteiger partial charge in [-0.3, -0.25) is 0 Å². The van der Waals surface area contributed by atoms with Crippen molar-refractivity contribution in [3.63, 3.8) is 0 Å². The van der Waals surface area contributed by atoms with Crippen molar-refractivity contribution in [2.24, 2.45) is 0 Å². The molecule has 6 rings (SSSR count). The van der Waals surface area contributed by atoms with Gasteiger partial charge < -0.3 is 4.57 Å². The minimum absolute atomic E-state index is 0.779. The van der Waals surface area contributed by atoms with E-state index in [1.807, 2.05) is 6.07 Å². The van der Waals surface area contributed by atoms with E-state index in [9.17, 15) is 0 Å². The quantitative estimate of drug-likeness (QED) is 0.315. The lowest BCUT2D eigenvalue weighted by Crippen LogP contribution is -2.00. The summed E-state index contributed by atoms with van der Waals surface area (Å²) >= 11 is 0. The summed E-state index contributed by atoms with van der Waals surface area (Å²) in [7, 11) is 0. The summed E-state index contributed by atoms with van der Waals surface area (Å²) in [4.78, 5) is 9.66. The Balaban J connectivity index is 1.29. The van der Waals surface area contributed by atoms with Gasteiger partial charge in [-0.1, -0.05) is 97.1 Å². The van der Waals surface area contributed by atoms with Crippen LogP contribution >= 0.6 is 0 Å². The van der Waals surface area contributed by atoms with E-state index in [-0.39, 0.29) is 0 Å². The van der Waals surface area contributed by atoms with Crippen LogP contribution in [0.25, 0.3) is 44.7 Å². The standard InChI is InChI=1S/C29H21N3/c1-2-7-22(8-3-1)23-15-13-21(14-16-23)19-32-18-17-27-28(20-32)31-29(30-27)26-12-6-10-24-9-4-5-11-25(24)26/h1-18,20H,19H2. The number of benzene rings is 4. The molecule has 152 valence electrons. The molecule has 0 aliphatic carbocycles. The third-order valence-corrected chi connectivity index (χ3v) is 5.88. The van der Waals surface area contributed by atoms with Crippen molar-refractivity contribution in [2.45, 2.75) is 6.54 Å². The molecule has 3 nitrogen and oxygen atoms in total. The highest BCUT2D eigenvalue weighted by atomic mass is 15.0. The number of imidazole rings is 1. The first kappa shape index (κ1) is 18.5. The average molecular weight is 412 g/mol. The van der Waals surface area contributed by atoms with Crippen LogP contribution in [0.15, 0.2) is 116 Å². The highest BCUT2D eigenvalue weighted by molar-refractivity contribution is 5.95. The predicted molar refractivity (Wildman–Crippen MR) is 131 cm³/mol. The molecule has 0 N–H and O–H groups in total. The Morgan fingerprint density at radius 1 is 0.594 bits per heavy atom. The Bertz CT molecular complexity index is 1480. The third-order valence-electron chi connectivity index (χ3n) is 5.88. The maximum atomic E-state index is 4.86. The number of nitrogens with zero attached hydrogens (tertiary/aromatic N) is 3. The number of rotatable bonds is 4. The van der Waals surface area contributed by atoms with Crippen LogP contribution in [0.2, 0.25) is 0 Å². The van der Waals surface area contributed by atoms with E-state index in [1.165, 1.54) is 27.5 Å². The summed E-state index contributed by atoms with van der Waals surface area (Å²) in [6.07, 6.45) is 4.16. The number of pyridine rings is 1. The summed E-state index contributed by atoms with van der Waals surface area (Å²) in [5, 5.41) is 2.38. The minimum atomic E-state index is 0.779. The Kier molecular flexibility index (Phi) is 4.51. The van der Waals surface area contributed by atoms with Crippen molar-refractivity contribution in [3.8, 4) is 33.9 Å². The fourth-order valence-electron chi connectivity index (χ4n) is 4.24. The average Bonchev–Trinajstić information content (AvgIpc) is 3.28. The zero-order valence-corrected chi connectivity index (χ0v) is 17.5. The van der Waals surface area contributed by atoms with Gasteiger partial charge in [-0.15, -0.1) is 0 Å². The monoisotopic (exact) mass is 411 g/mol. The second-order valence-electron chi connectivity index (χ2n) is 8.02. The molecule has 0 spiro atoms. The van der Waals surface area contributed by atoms with Gasteiger partial charge in [-0.05, 0) is 33.5 Å². The van der Waals surface area contributed by atoms with E-state index < -0.39 is 0 Å². The molecule has 4 aromatic rings. The Labute approximate surface area is 187 Å². The Morgan fingerprint density at radius 2 is 1.31 bits per heavy atom. The van der Waals surface area contributed by atoms with E-state index in [4.69, 9.17) is 9.97 Å². The summed E-state index contributed by atoms with van der Waals surface area (Å²) in [5.74, 6) is 0.779. The van der Waals surface area contributed by atoms with Crippen molar-refractivity contribution in [3.05, 3.63) is 121 Å². The van der Waals surface area contributed by atoms with Crippen molar-refractivity contribution in [1.29, 1.82) is 0 Å². The predicted octanol–water partition coefficient (Wildman–Crippen LogP) is 6.92. The highest BCUT2D eigenvalue weighted by Crippen LogP contribution is 2.30. The molecule has 0 aromatic heterocycles. The lowest BCUT2D eigenvalue weighted by atomic mass is 10.0. The third kappa shape index (κ3) is 3.44. The molecule has 2 aliphatic rings. The van der Waals surface area contributed by atoms with Crippen LogP contribution < -0.4 is 0 Å². The van der Waals surface area contributed by atoms with Crippen molar-refractivity contribution < 1.29 is 0 Å². The van der Waals surface area contributed by atoms with Gasteiger partial charge in [0.25, 0.3) is 0 Å². The lowest BCUT2D eigenvalue weighted by molar-refractivity contribution is 0.790. The fourth-order valence-corrected chi connectivity index (χ4v) is 4.24. The number of fused-ring (bicyclic) bond motifs is 2. The smallest absolute Gasteiger partial charge is 0.161 e. The molecule has 4 aromatic carbocycles. The van der Waals surface area contributed by atoms with Crippen molar-refractivity contribution in [2.75, 3.05) is 0 Å². The molecule has 0 bridgehead atoms. The van der Waals surface area contributed by atoms with E-state index in [1.54, 1.807) is 0 Å². The van der Waals surface area contributed by atoms with Gasteiger partial charge in [0.1, 0.15) is 5.69 Å². The van der Waals surface area contributed by atoms with Gasteiger partial charge in [0.05, 0.1) is 5.69 Å². The normalized spacial score (nSPS) is 11.2. The van der Waals surface area contributed by atoms with E-state index in [0.717, 1.165) is 29.3 Å². The zero-order valence-electron chi connectivity index (χ0n) is 17.5. The molecule has 0 atom stereocenters. The van der Waals surface area contributed by atoms with Crippen molar-refractivity contribution >= 4 is 10.8 Å². The molecule has 2 heterocycles. The molecule has 0 radical (unpaired) electrons. The van der Waals surface area contributed by atoms with Crippen LogP contribution in [0, 0.1) is 0 Å². The van der Waals surface area contributed by atoms with Gasteiger partial charge in [0, 0.05) is 24.5 Å². The van der Waals surface area contributed by atoms with Gasteiger partial charge in [0.2, 0.25) is 0 Å². The van der Waals surface area contributed by atoms with Gasteiger partial charge >= 0.3 is 0 Å². The van der Waals surface area contributed by atoms with Gasteiger partial charge in [0.15, 0.2) is 5.82 Å². The number of hydrogen-bond acceptors (Lipinski definition) is 2.